The molecule has 0 saturated carbocycles. The zero-order valence-corrected chi connectivity index (χ0v) is 14.0. The van der Waals surface area contributed by atoms with E-state index in [0.29, 0.717) is 19.5 Å². The maximum atomic E-state index is 12.4. The summed E-state index contributed by atoms with van der Waals surface area (Å²) in [6, 6.07) is 5.39. The molecule has 2 aliphatic rings. The molecule has 23 heavy (non-hydrogen) atoms. The SMILES string of the molecule is Cc1ccc(NC(=O)N2CC[C@@H](N3C(=O)CSC3=O)C2)cc1C. The van der Waals surface area contributed by atoms with Crippen molar-refractivity contribution < 1.29 is 14.4 Å². The molecule has 4 amide bonds. The van der Waals surface area contributed by atoms with E-state index in [0.717, 1.165) is 23.0 Å². The molecule has 2 heterocycles. The van der Waals surface area contributed by atoms with E-state index < -0.39 is 0 Å². The second-order valence-electron chi connectivity index (χ2n) is 5.94. The van der Waals surface area contributed by atoms with Crippen LogP contribution in [0.2, 0.25) is 0 Å². The van der Waals surface area contributed by atoms with E-state index in [1.807, 2.05) is 32.0 Å². The number of amides is 4. The van der Waals surface area contributed by atoms with E-state index in [1.165, 1.54) is 10.5 Å². The Balaban J connectivity index is 1.62. The summed E-state index contributed by atoms with van der Waals surface area (Å²) in [6.07, 6.45) is 0.637. The average Bonchev–Trinajstić information content (AvgIpc) is 3.10. The van der Waals surface area contributed by atoms with Crippen molar-refractivity contribution in [1.29, 1.82) is 0 Å². The van der Waals surface area contributed by atoms with Crippen LogP contribution in [0.4, 0.5) is 15.3 Å². The topological polar surface area (TPSA) is 69.7 Å². The van der Waals surface area contributed by atoms with Gasteiger partial charge in [-0.25, -0.2) is 4.79 Å². The van der Waals surface area contributed by atoms with Gasteiger partial charge in [-0.3, -0.25) is 14.5 Å². The molecule has 0 unspecified atom stereocenters. The van der Waals surface area contributed by atoms with E-state index in [2.05, 4.69) is 5.32 Å². The highest BCUT2D eigenvalue weighted by molar-refractivity contribution is 8.14. The van der Waals surface area contributed by atoms with Crippen molar-refractivity contribution in [2.45, 2.75) is 26.3 Å². The Morgan fingerprint density at radius 3 is 2.70 bits per heavy atom. The molecule has 0 aliphatic carbocycles. The molecule has 122 valence electrons. The van der Waals surface area contributed by atoms with Crippen LogP contribution in [0, 0.1) is 13.8 Å². The number of anilines is 1. The zero-order valence-electron chi connectivity index (χ0n) is 13.2. The molecule has 7 heteroatoms. The van der Waals surface area contributed by atoms with Crippen molar-refractivity contribution >= 4 is 34.6 Å². The van der Waals surface area contributed by atoms with Crippen LogP contribution >= 0.6 is 11.8 Å². The summed E-state index contributed by atoms with van der Waals surface area (Å²) < 4.78 is 0. The lowest BCUT2D eigenvalue weighted by Crippen LogP contribution is -2.42. The van der Waals surface area contributed by atoms with Crippen molar-refractivity contribution in [3.8, 4) is 0 Å². The molecule has 1 atom stereocenters. The molecule has 1 N–H and O–H groups in total. The van der Waals surface area contributed by atoms with Crippen LogP contribution in [0.15, 0.2) is 18.2 Å². The van der Waals surface area contributed by atoms with Crippen molar-refractivity contribution in [2.24, 2.45) is 0 Å². The van der Waals surface area contributed by atoms with Crippen LogP contribution in [0.3, 0.4) is 0 Å². The second kappa shape index (κ2) is 6.23. The monoisotopic (exact) mass is 333 g/mol. The van der Waals surface area contributed by atoms with Crippen molar-refractivity contribution in [1.82, 2.24) is 9.80 Å². The van der Waals surface area contributed by atoms with Crippen LogP contribution in [0.1, 0.15) is 17.5 Å². The van der Waals surface area contributed by atoms with Crippen molar-refractivity contribution in [2.75, 3.05) is 24.2 Å². The molecule has 0 aromatic heterocycles. The summed E-state index contributed by atoms with van der Waals surface area (Å²) in [4.78, 5) is 38.9. The van der Waals surface area contributed by atoms with Gasteiger partial charge in [0.05, 0.1) is 11.8 Å². The highest BCUT2D eigenvalue weighted by Crippen LogP contribution is 2.26. The Labute approximate surface area is 139 Å². The number of hydrogen-bond acceptors (Lipinski definition) is 4. The number of nitrogens with one attached hydrogen (secondary N) is 1. The van der Waals surface area contributed by atoms with Gasteiger partial charge in [0.2, 0.25) is 5.91 Å². The Bertz CT molecular complexity index is 661. The van der Waals surface area contributed by atoms with Gasteiger partial charge in [0.25, 0.3) is 5.24 Å². The van der Waals surface area contributed by atoms with Gasteiger partial charge in [-0.1, -0.05) is 17.8 Å². The maximum Gasteiger partial charge on any atom is 0.321 e. The number of benzene rings is 1. The number of carbonyl (C=O) groups is 3. The molecule has 0 radical (unpaired) electrons. The lowest BCUT2D eigenvalue weighted by molar-refractivity contribution is -0.126. The van der Waals surface area contributed by atoms with E-state index in [-0.39, 0.29) is 29.0 Å². The third-order valence-corrected chi connectivity index (χ3v) is 5.19. The molecule has 2 fully saturated rings. The molecule has 2 aliphatic heterocycles. The predicted octanol–water partition coefficient (Wildman–Crippen LogP) is 2.61. The molecular weight excluding hydrogens is 314 g/mol. The number of urea groups is 1. The number of aryl methyl sites for hydroxylation is 2. The Morgan fingerprint density at radius 2 is 2.04 bits per heavy atom. The van der Waals surface area contributed by atoms with E-state index in [9.17, 15) is 14.4 Å². The number of rotatable bonds is 2. The lowest BCUT2D eigenvalue weighted by Gasteiger charge is -2.22. The van der Waals surface area contributed by atoms with Gasteiger partial charge in [0.15, 0.2) is 0 Å². The first-order valence-corrected chi connectivity index (χ1v) is 8.56. The fourth-order valence-corrected chi connectivity index (χ4v) is 3.65. The number of carbonyl (C=O) groups excluding carboxylic acids is 3. The maximum absolute atomic E-state index is 12.4. The second-order valence-corrected chi connectivity index (χ2v) is 6.86. The summed E-state index contributed by atoms with van der Waals surface area (Å²) >= 11 is 1.03. The number of likely N-dealkylation sites (tertiary alicyclic amines) is 1. The van der Waals surface area contributed by atoms with Crippen LogP contribution in [-0.2, 0) is 4.79 Å². The van der Waals surface area contributed by atoms with Gasteiger partial charge in [-0.05, 0) is 43.5 Å². The molecule has 2 saturated heterocycles. The molecule has 0 bridgehead atoms. The first-order valence-electron chi connectivity index (χ1n) is 7.57. The predicted molar refractivity (Wildman–Crippen MR) is 89.6 cm³/mol. The summed E-state index contributed by atoms with van der Waals surface area (Å²) in [6.45, 7) is 4.96. The zero-order chi connectivity index (χ0) is 16.6. The first kappa shape index (κ1) is 15.9. The highest BCUT2D eigenvalue weighted by atomic mass is 32.2. The van der Waals surface area contributed by atoms with E-state index in [1.54, 1.807) is 4.90 Å². The molecule has 1 aromatic rings. The largest absolute Gasteiger partial charge is 0.322 e. The van der Waals surface area contributed by atoms with Gasteiger partial charge >= 0.3 is 6.03 Å². The van der Waals surface area contributed by atoms with Crippen LogP contribution in [0.25, 0.3) is 0 Å². The number of nitrogens with zero attached hydrogens (tertiary/aromatic N) is 2. The Kier molecular flexibility index (Phi) is 4.30. The number of imide groups is 1. The van der Waals surface area contributed by atoms with Crippen molar-refractivity contribution in [3.63, 3.8) is 0 Å². The Morgan fingerprint density at radius 1 is 1.26 bits per heavy atom. The average molecular weight is 333 g/mol. The van der Waals surface area contributed by atoms with Crippen LogP contribution in [0.5, 0.6) is 0 Å². The van der Waals surface area contributed by atoms with Gasteiger partial charge in [-0.2, -0.15) is 0 Å². The van der Waals surface area contributed by atoms with Crippen LogP contribution < -0.4 is 5.32 Å². The van der Waals surface area contributed by atoms with E-state index >= 15 is 0 Å². The van der Waals surface area contributed by atoms with Gasteiger partial charge < -0.3 is 10.2 Å². The minimum atomic E-state index is -0.199. The molecule has 6 nitrogen and oxygen atoms in total. The molecule has 1 aromatic carbocycles. The number of thioether (sulfide) groups is 1. The third kappa shape index (κ3) is 3.19. The molecule has 3 rings (SSSR count). The number of hydrogen-bond donors (Lipinski definition) is 1. The lowest BCUT2D eigenvalue weighted by atomic mass is 10.1. The van der Waals surface area contributed by atoms with Gasteiger partial charge in [-0.15, -0.1) is 0 Å². The quantitative estimate of drug-likeness (QED) is 0.903. The molecular formula is C16H19N3O3S. The van der Waals surface area contributed by atoms with E-state index in [4.69, 9.17) is 0 Å². The van der Waals surface area contributed by atoms with Crippen molar-refractivity contribution in [3.05, 3.63) is 29.3 Å². The first-order chi connectivity index (χ1) is 11.0. The normalized spacial score (nSPS) is 21.2. The fourth-order valence-electron chi connectivity index (χ4n) is 2.88. The highest BCUT2D eigenvalue weighted by Gasteiger charge is 2.40. The summed E-state index contributed by atoms with van der Waals surface area (Å²) in [5.41, 5.74) is 3.05. The fraction of sp³-hybridized carbons (Fsp3) is 0.438. The van der Waals surface area contributed by atoms with Gasteiger partial charge in [0.1, 0.15) is 0 Å². The minimum Gasteiger partial charge on any atom is -0.322 e. The molecule has 0 spiro atoms. The standard InChI is InChI=1S/C16H19N3O3S/c1-10-3-4-12(7-11(10)2)17-15(21)18-6-5-13(8-18)19-14(20)9-23-16(19)22/h3-4,7,13H,5-6,8-9H2,1-2H3,(H,17,21)/t13-/m1/s1. The third-order valence-electron chi connectivity index (χ3n) is 4.36. The summed E-state index contributed by atoms with van der Waals surface area (Å²) in [7, 11) is 0. The smallest absolute Gasteiger partial charge is 0.321 e. The summed E-state index contributed by atoms with van der Waals surface area (Å²) in [5.74, 6) is 0.0610. The van der Waals surface area contributed by atoms with Crippen LogP contribution in [-0.4, -0.2) is 51.9 Å². The Hall–Kier alpha value is -2.02. The minimum absolute atomic E-state index is 0.151. The summed E-state index contributed by atoms with van der Waals surface area (Å²) in [5, 5.41) is 2.68. The van der Waals surface area contributed by atoms with Gasteiger partial charge in [0, 0.05) is 18.8 Å².